The van der Waals surface area contributed by atoms with Crippen LogP contribution in [0.15, 0.2) is 34.2 Å². The van der Waals surface area contributed by atoms with E-state index in [9.17, 15) is 9.59 Å². The van der Waals surface area contributed by atoms with E-state index in [1.165, 1.54) is 16.6 Å². The van der Waals surface area contributed by atoms with E-state index in [0.29, 0.717) is 5.16 Å². The largest absolute Gasteiger partial charge is 0.342 e. The second-order valence-corrected chi connectivity index (χ2v) is 13.9. The molecule has 0 N–H and O–H groups in total. The molecule has 0 fully saturated rings. The summed E-state index contributed by atoms with van der Waals surface area (Å²) in [4.78, 5) is 36.3. The lowest BCUT2D eigenvalue weighted by Crippen LogP contribution is -2.34. The molecule has 0 saturated heterocycles. The van der Waals surface area contributed by atoms with E-state index in [4.69, 9.17) is 4.98 Å². The van der Waals surface area contributed by atoms with Gasteiger partial charge < -0.3 is 4.90 Å². The van der Waals surface area contributed by atoms with Gasteiger partial charge in [0.1, 0.15) is 4.83 Å². The molecule has 0 atom stereocenters. The molecule has 3 heterocycles. The minimum absolute atomic E-state index is 0.0205. The van der Waals surface area contributed by atoms with Crippen molar-refractivity contribution in [3.05, 3.63) is 50.6 Å². The Hall–Kier alpha value is -1.77. The fourth-order valence-electron chi connectivity index (χ4n) is 4.47. The Morgan fingerprint density at radius 2 is 1.81 bits per heavy atom. The minimum atomic E-state index is -0.0205. The summed E-state index contributed by atoms with van der Waals surface area (Å²) >= 11 is 4.97. The lowest BCUT2D eigenvalue weighted by Gasteiger charge is -2.28. The maximum atomic E-state index is 14.1. The first-order chi connectivity index (χ1) is 17.2. The van der Waals surface area contributed by atoms with Crippen molar-refractivity contribution in [3.63, 3.8) is 0 Å². The number of thioether (sulfide) groups is 2. The van der Waals surface area contributed by atoms with Crippen LogP contribution in [0.5, 0.6) is 0 Å². The SMILES string of the molecule is CCCCN(CCCC)C(=O)CSc1nc2sc3c(c2c(=O)n1-c1ccc(C)cc1)CC(C)(C)SC3. The average Bonchev–Trinajstić information content (AvgIpc) is 3.20. The van der Waals surface area contributed by atoms with Crippen LogP contribution in [-0.2, 0) is 17.0 Å². The summed E-state index contributed by atoms with van der Waals surface area (Å²) in [5.74, 6) is 1.32. The van der Waals surface area contributed by atoms with Gasteiger partial charge in [-0.2, -0.15) is 0 Å². The molecular formula is C28H37N3O2S3. The number of benzene rings is 1. The molecule has 1 amide bonds. The molecule has 0 spiro atoms. The zero-order chi connectivity index (χ0) is 25.9. The van der Waals surface area contributed by atoms with E-state index < -0.39 is 0 Å². The number of amides is 1. The van der Waals surface area contributed by atoms with Crippen LogP contribution in [0, 0.1) is 6.92 Å². The molecular weight excluding hydrogens is 507 g/mol. The molecule has 194 valence electrons. The number of aryl methyl sites for hydroxylation is 1. The second-order valence-electron chi connectivity index (χ2n) is 10.2. The minimum Gasteiger partial charge on any atom is -0.342 e. The van der Waals surface area contributed by atoms with Crippen LogP contribution in [0.2, 0.25) is 0 Å². The number of aromatic nitrogens is 2. The molecule has 5 nitrogen and oxygen atoms in total. The Bertz CT molecular complexity index is 1270. The quantitative estimate of drug-likeness (QED) is 0.207. The first-order valence-corrected chi connectivity index (χ1v) is 15.7. The van der Waals surface area contributed by atoms with Gasteiger partial charge in [0, 0.05) is 28.5 Å². The van der Waals surface area contributed by atoms with Crippen LogP contribution in [0.4, 0.5) is 0 Å². The molecule has 0 bridgehead atoms. The predicted molar refractivity (Wildman–Crippen MR) is 156 cm³/mol. The summed E-state index contributed by atoms with van der Waals surface area (Å²) in [5, 5.41) is 1.35. The molecule has 4 rings (SSSR count). The molecule has 2 aromatic heterocycles. The van der Waals surface area contributed by atoms with Gasteiger partial charge in [-0.15, -0.1) is 23.1 Å². The smallest absolute Gasteiger partial charge is 0.267 e. The molecule has 0 unspecified atom stereocenters. The Kier molecular flexibility index (Phi) is 8.89. The molecule has 36 heavy (non-hydrogen) atoms. The fraction of sp³-hybridized carbons (Fsp3) is 0.536. The van der Waals surface area contributed by atoms with E-state index in [1.807, 2.05) is 47.9 Å². The summed E-state index contributed by atoms with van der Waals surface area (Å²) < 4.78 is 1.83. The van der Waals surface area contributed by atoms with Crippen LogP contribution in [0.3, 0.4) is 0 Å². The van der Waals surface area contributed by atoms with Crippen LogP contribution < -0.4 is 5.56 Å². The number of thiophene rings is 1. The van der Waals surface area contributed by atoms with Crippen molar-refractivity contribution in [2.75, 3.05) is 18.8 Å². The summed E-state index contributed by atoms with van der Waals surface area (Å²) in [6, 6.07) is 7.99. The summed E-state index contributed by atoms with van der Waals surface area (Å²) in [5.41, 5.74) is 3.08. The predicted octanol–water partition coefficient (Wildman–Crippen LogP) is 6.84. The van der Waals surface area contributed by atoms with Gasteiger partial charge in [0.05, 0.1) is 16.8 Å². The van der Waals surface area contributed by atoms with E-state index in [2.05, 4.69) is 27.7 Å². The van der Waals surface area contributed by atoms with Gasteiger partial charge in [0.25, 0.3) is 5.56 Å². The number of nitrogens with zero attached hydrogens (tertiary/aromatic N) is 3. The highest BCUT2D eigenvalue weighted by Crippen LogP contribution is 2.44. The number of carbonyl (C=O) groups is 1. The molecule has 1 aliphatic heterocycles. The van der Waals surface area contributed by atoms with E-state index >= 15 is 0 Å². The van der Waals surface area contributed by atoms with Crippen molar-refractivity contribution >= 4 is 51.0 Å². The molecule has 0 radical (unpaired) electrons. The number of carbonyl (C=O) groups excluding carboxylic acids is 1. The fourth-order valence-corrected chi connectivity index (χ4v) is 7.77. The maximum Gasteiger partial charge on any atom is 0.267 e. The highest BCUT2D eigenvalue weighted by molar-refractivity contribution is 8.00. The standard InChI is InChI=1S/C28H37N3O2S3/c1-6-8-14-30(15-9-7-2)23(32)18-34-27-29-25-24(21-16-28(4,5)35-17-22(21)36-25)26(33)31(27)20-12-10-19(3)11-13-20/h10-13H,6-9,14-18H2,1-5H3. The van der Waals surface area contributed by atoms with Gasteiger partial charge in [-0.25, -0.2) is 4.98 Å². The zero-order valence-electron chi connectivity index (χ0n) is 22.1. The third-order valence-electron chi connectivity index (χ3n) is 6.61. The van der Waals surface area contributed by atoms with Gasteiger partial charge in [0.15, 0.2) is 5.16 Å². The summed E-state index contributed by atoms with van der Waals surface area (Å²) in [6.07, 6.45) is 5.01. The first kappa shape index (κ1) is 27.3. The summed E-state index contributed by atoms with van der Waals surface area (Å²) in [7, 11) is 0. The van der Waals surface area contributed by atoms with Crippen LogP contribution in [-0.4, -0.2) is 43.9 Å². The van der Waals surface area contributed by atoms with Crippen molar-refractivity contribution in [3.8, 4) is 5.69 Å². The number of unbranched alkanes of at least 4 members (excludes halogenated alkanes) is 2. The van der Waals surface area contributed by atoms with E-state index in [0.717, 1.165) is 78.0 Å². The monoisotopic (exact) mass is 543 g/mol. The Balaban J connectivity index is 1.73. The lowest BCUT2D eigenvalue weighted by molar-refractivity contribution is -0.128. The first-order valence-electron chi connectivity index (χ1n) is 12.9. The normalized spacial score (nSPS) is 14.7. The Labute approximate surface area is 227 Å². The van der Waals surface area contributed by atoms with Crippen LogP contribution in [0.1, 0.15) is 69.4 Å². The van der Waals surface area contributed by atoms with Gasteiger partial charge in [-0.3, -0.25) is 14.2 Å². The average molecular weight is 544 g/mol. The Morgan fingerprint density at radius 1 is 1.14 bits per heavy atom. The zero-order valence-corrected chi connectivity index (χ0v) is 24.5. The lowest BCUT2D eigenvalue weighted by atomic mass is 10.00. The van der Waals surface area contributed by atoms with Crippen molar-refractivity contribution in [1.82, 2.24) is 14.5 Å². The van der Waals surface area contributed by atoms with E-state index in [-0.39, 0.29) is 22.0 Å². The van der Waals surface area contributed by atoms with Crippen LogP contribution >= 0.6 is 34.9 Å². The van der Waals surface area contributed by atoms with Crippen LogP contribution in [0.25, 0.3) is 15.9 Å². The van der Waals surface area contributed by atoms with Gasteiger partial charge >= 0.3 is 0 Å². The summed E-state index contributed by atoms with van der Waals surface area (Å²) in [6.45, 7) is 12.4. The van der Waals surface area contributed by atoms with Crippen molar-refractivity contribution in [2.24, 2.45) is 0 Å². The molecule has 0 saturated carbocycles. The molecule has 1 aromatic carbocycles. The third kappa shape index (κ3) is 6.03. The molecule has 0 aliphatic carbocycles. The number of hydrogen-bond donors (Lipinski definition) is 0. The van der Waals surface area contributed by atoms with Crippen molar-refractivity contribution in [1.29, 1.82) is 0 Å². The number of fused-ring (bicyclic) bond motifs is 3. The number of rotatable bonds is 10. The molecule has 8 heteroatoms. The van der Waals surface area contributed by atoms with Gasteiger partial charge in [-0.05, 0) is 43.9 Å². The van der Waals surface area contributed by atoms with Crippen molar-refractivity contribution < 1.29 is 4.79 Å². The molecule has 3 aromatic rings. The highest BCUT2D eigenvalue weighted by atomic mass is 32.2. The third-order valence-corrected chi connectivity index (χ3v) is 10.2. The Morgan fingerprint density at radius 3 is 2.44 bits per heavy atom. The molecule has 1 aliphatic rings. The maximum absolute atomic E-state index is 14.1. The topological polar surface area (TPSA) is 55.2 Å². The number of hydrogen-bond acceptors (Lipinski definition) is 6. The van der Waals surface area contributed by atoms with Crippen molar-refractivity contribution in [2.45, 2.75) is 82.4 Å². The van der Waals surface area contributed by atoms with Gasteiger partial charge in [0.2, 0.25) is 5.91 Å². The van der Waals surface area contributed by atoms with E-state index in [1.54, 1.807) is 15.9 Å². The highest BCUT2D eigenvalue weighted by Gasteiger charge is 2.31. The van der Waals surface area contributed by atoms with Gasteiger partial charge in [-0.1, -0.05) is 70.0 Å². The second kappa shape index (κ2) is 11.7.